The largest absolute Gasteiger partial charge is 0.327 e. The Balaban J connectivity index is 2.25. The highest BCUT2D eigenvalue weighted by atomic mass is 79.9. The van der Waals surface area contributed by atoms with Crippen LogP contribution in [0, 0.1) is 11.8 Å². The summed E-state index contributed by atoms with van der Waals surface area (Å²) in [6.45, 7) is 7.83. The van der Waals surface area contributed by atoms with Crippen molar-refractivity contribution in [3.05, 3.63) is 16.4 Å². The molecule has 0 bridgehead atoms. The minimum atomic E-state index is 0.276. The molecule has 2 N–H and O–H groups in total. The Morgan fingerprint density at radius 2 is 2.21 bits per heavy atom. The van der Waals surface area contributed by atoms with E-state index in [-0.39, 0.29) is 6.04 Å². The van der Waals surface area contributed by atoms with Crippen LogP contribution in [0.5, 0.6) is 0 Å². The first kappa shape index (κ1) is 15.0. The van der Waals surface area contributed by atoms with Gasteiger partial charge in [-0.05, 0) is 53.4 Å². The molecule has 0 aliphatic heterocycles. The molecule has 1 fully saturated rings. The van der Waals surface area contributed by atoms with Gasteiger partial charge in [-0.2, -0.15) is 5.10 Å². The van der Waals surface area contributed by atoms with Crippen molar-refractivity contribution >= 4 is 15.9 Å². The predicted molar refractivity (Wildman–Crippen MR) is 83.1 cm³/mol. The van der Waals surface area contributed by atoms with Crippen LogP contribution in [0.15, 0.2) is 10.7 Å². The fourth-order valence-electron chi connectivity index (χ4n) is 3.28. The van der Waals surface area contributed by atoms with Gasteiger partial charge in [-0.15, -0.1) is 0 Å². The lowest BCUT2D eigenvalue weighted by molar-refractivity contribution is 0.226. The molecule has 1 heterocycles. The molecule has 1 aliphatic rings. The lowest BCUT2D eigenvalue weighted by atomic mass is 9.73. The SMILES string of the molecule is CCCn1ncc(Br)c1C1CC(C(C)C)CCC1N. The first-order valence-electron chi connectivity index (χ1n) is 7.51. The van der Waals surface area contributed by atoms with Gasteiger partial charge in [-0.1, -0.05) is 20.8 Å². The van der Waals surface area contributed by atoms with Gasteiger partial charge in [-0.3, -0.25) is 4.68 Å². The zero-order valence-electron chi connectivity index (χ0n) is 12.3. The summed E-state index contributed by atoms with van der Waals surface area (Å²) < 4.78 is 3.28. The Labute approximate surface area is 125 Å². The van der Waals surface area contributed by atoms with Gasteiger partial charge >= 0.3 is 0 Å². The highest BCUT2D eigenvalue weighted by molar-refractivity contribution is 9.10. The van der Waals surface area contributed by atoms with Crippen molar-refractivity contribution in [3.8, 4) is 0 Å². The van der Waals surface area contributed by atoms with Crippen LogP contribution in [0.1, 0.15) is 58.1 Å². The number of hydrogen-bond donors (Lipinski definition) is 1. The number of aromatic nitrogens is 2. The predicted octanol–water partition coefficient (Wildman–Crippen LogP) is 3.92. The Bertz CT molecular complexity index is 414. The second kappa shape index (κ2) is 6.40. The molecule has 0 amide bonds. The molecule has 19 heavy (non-hydrogen) atoms. The topological polar surface area (TPSA) is 43.8 Å². The molecular weight excluding hydrogens is 302 g/mol. The summed E-state index contributed by atoms with van der Waals surface area (Å²) >= 11 is 3.67. The van der Waals surface area contributed by atoms with Crippen LogP contribution in [0.4, 0.5) is 0 Å². The highest BCUT2D eigenvalue weighted by Crippen LogP contribution is 2.40. The fraction of sp³-hybridized carbons (Fsp3) is 0.800. The molecule has 1 aromatic heterocycles. The van der Waals surface area contributed by atoms with Crippen molar-refractivity contribution < 1.29 is 0 Å². The van der Waals surface area contributed by atoms with Crippen LogP contribution in [0.3, 0.4) is 0 Å². The van der Waals surface area contributed by atoms with Crippen molar-refractivity contribution in [2.24, 2.45) is 17.6 Å². The molecular formula is C15H26BrN3. The second-order valence-corrected chi connectivity index (χ2v) is 7.04. The summed E-state index contributed by atoms with van der Waals surface area (Å²) in [4.78, 5) is 0. The first-order valence-corrected chi connectivity index (χ1v) is 8.30. The molecule has 0 saturated heterocycles. The van der Waals surface area contributed by atoms with Gasteiger partial charge in [0.2, 0.25) is 0 Å². The Hall–Kier alpha value is -0.350. The molecule has 0 spiro atoms. The van der Waals surface area contributed by atoms with Gasteiger partial charge in [0.15, 0.2) is 0 Å². The van der Waals surface area contributed by atoms with E-state index in [0.717, 1.165) is 35.7 Å². The lowest BCUT2D eigenvalue weighted by Crippen LogP contribution is -2.37. The molecule has 3 unspecified atom stereocenters. The average Bonchev–Trinajstić information content (AvgIpc) is 2.72. The summed E-state index contributed by atoms with van der Waals surface area (Å²) in [6, 6.07) is 0.276. The summed E-state index contributed by atoms with van der Waals surface area (Å²) in [7, 11) is 0. The number of nitrogens with zero attached hydrogens (tertiary/aromatic N) is 2. The molecule has 4 heteroatoms. The van der Waals surface area contributed by atoms with E-state index in [4.69, 9.17) is 5.73 Å². The number of halogens is 1. The number of hydrogen-bond acceptors (Lipinski definition) is 2. The normalized spacial score (nSPS) is 28.0. The molecule has 1 saturated carbocycles. The summed E-state index contributed by atoms with van der Waals surface area (Å²) in [5.41, 5.74) is 7.72. The zero-order chi connectivity index (χ0) is 14.0. The van der Waals surface area contributed by atoms with Gasteiger partial charge in [0.1, 0.15) is 0 Å². The van der Waals surface area contributed by atoms with E-state index in [1.807, 2.05) is 6.20 Å². The Morgan fingerprint density at radius 3 is 2.84 bits per heavy atom. The first-order chi connectivity index (χ1) is 9.04. The molecule has 3 atom stereocenters. The standard InChI is InChI=1S/C15H26BrN3/c1-4-7-19-15(13(16)9-18-19)12-8-11(10(2)3)5-6-14(12)17/h9-12,14H,4-8,17H2,1-3H3. The average molecular weight is 328 g/mol. The molecule has 108 valence electrons. The molecule has 0 radical (unpaired) electrons. The van der Waals surface area contributed by atoms with E-state index < -0.39 is 0 Å². The van der Waals surface area contributed by atoms with Gasteiger partial charge in [-0.25, -0.2) is 0 Å². The van der Waals surface area contributed by atoms with E-state index in [9.17, 15) is 0 Å². The monoisotopic (exact) mass is 327 g/mol. The van der Waals surface area contributed by atoms with Crippen molar-refractivity contribution in [2.45, 2.75) is 65.0 Å². The molecule has 1 aliphatic carbocycles. The van der Waals surface area contributed by atoms with Crippen LogP contribution in [-0.4, -0.2) is 15.8 Å². The molecule has 0 aromatic carbocycles. The molecule has 3 nitrogen and oxygen atoms in total. The van der Waals surface area contributed by atoms with Crippen molar-refractivity contribution in [1.29, 1.82) is 0 Å². The van der Waals surface area contributed by atoms with Crippen LogP contribution in [0.25, 0.3) is 0 Å². The minimum Gasteiger partial charge on any atom is -0.327 e. The van der Waals surface area contributed by atoms with E-state index in [2.05, 4.69) is 46.5 Å². The maximum Gasteiger partial charge on any atom is 0.0635 e. The Morgan fingerprint density at radius 1 is 1.47 bits per heavy atom. The van der Waals surface area contributed by atoms with Crippen molar-refractivity contribution in [1.82, 2.24) is 9.78 Å². The summed E-state index contributed by atoms with van der Waals surface area (Å²) in [6.07, 6.45) is 6.65. The number of aryl methyl sites for hydroxylation is 1. The number of nitrogens with two attached hydrogens (primary N) is 1. The van der Waals surface area contributed by atoms with Crippen LogP contribution < -0.4 is 5.73 Å². The van der Waals surface area contributed by atoms with Crippen molar-refractivity contribution in [3.63, 3.8) is 0 Å². The molecule has 2 rings (SSSR count). The van der Waals surface area contributed by atoms with Crippen LogP contribution in [0.2, 0.25) is 0 Å². The third-order valence-corrected chi connectivity index (χ3v) is 5.12. The van der Waals surface area contributed by atoms with Gasteiger partial charge < -0.3 is 5.73 Å². The summed E-state index contributed by atoms with van der Waals surface area (Å²) in [5, 5.41) is 4.50. The highest BCUT2D eigenvalue weighted by Gasteiger charge is 2.33. The number of rotatable bonds is 4. The van der Waals surface area contributed by atoms with E-state index in [0.29, 0.717) is 5.92 Å². The minimum absolute atomic E-state index is 0.276. The van der Waals surface area contributed by atoms with Crippen molar-refractivity contribution in [2.75, 3.05) is 0 Å². The van der Waals surface area contributed by atoms with E-state index in [1.54, 1.807) is 0 Å². The zero-order valence-corrected chi connectivity index (χ0v) is 13.9. The van der Waals surface area contributed by atoms with E-state index in [1.165, 1.54) is 18.5 Å². The van der Waals surface area contributed by atoms with Gasteiger partial charge in [0, 0.05) is 18.5 Å². The second-order valence-electron chi connectivity index (χ2n) is 6.19. The fourth-order valence-corrected chi connectivity index (χ4v) is 3.87. The maximum absolute atomic E-state index is 6.40. The van der Waals surface area contributed by atoms with Crippen LogP contribution >= 0.6 is 15.9 Å². The maximum atomic E-state index is 6.40. The Kier molecular flexibility index (Phi) is 5.07. The third-order valence-electron chi connectivity index (χ3n) is 4.51. The van der Waals surface area contributed by atoms with Gasteiger partial charge in [0.25, 0.3) is 0 Å². The quantitative estimate of drug-likeness (QED) is 0.910. The smallest absolute Gasteiger partial charge is 0.0635 e. The molecule has 1 aromatic rings. The summed E-state index contributed by atoms with van der Waals surface area (Å²) in [5.74, 6) is 1.99. The van der Waals surface area contributed by atoms with E-state index >= 15 is 0 Å². The third kappa shape index (κ3) is 3.22. The van der Waals surface area contributed by atoms with Gasteiger partial charge in [0.05, 0.1) is 16.4 Å². The van der Waals surface area contributed by atoms with Crippen LogP contribution in [-0.2, 0) is 6.54 Å². The lowest BCUT2D eigenvalue weighted by Gasteiger charge is -2.36.